The molecular formula is C7H7N4O2. The van der Waals surface area contributed by atoms with Crippen LogP contribution in [0.25, 0.3) is 11.2 Å². The van der Waals surface area contributed by atoms with Crippen LogP contribution in [0.1, 0.15) is 0 Å². The van der Waals surface area contributed by atoms with Gasteiger partial charge in [0.25, 0.3) is 5.56 Å². The minimum atomic E-state index is -0.468. The molecule has 0 bridgehead atoms. The number of hydrogen-bond donors (Lipinski definition) is 1. The molecule has 0 saturated heterocycles. The zero-order chi connectivity index (χ0) is 9.59. The molecule has 2 heterocycles. The molecule has 6 heteroatoms. The average molecular weight is 179 g/mol. The van der Waals surface area contributed by atoms with E-state index in [0.29, 0.717) is 11.2 Å². The van der Waals surface area contributed by atoms with Crippen LogP contribution in [0.15, 0.2) is 9.59 Å². The first-order valence-corrected chi connectivity index (χ1v) is 3.64. The molecule has 0 saturated carbocycles. The number of fused-ring (bicyclic) bond motifs is 1. The Labute approximate surface area is 72.5 Å². The van der Waals surface area contributed by atoms with Crippen LogP contribution in [-0.2, 0) is 14.1 Å². The predicted molar refractivity (Wildman–Crippen MR) is 45.4 cm³/mol. The van der Waals surface area contributed by atoms with Crippen LogP contribution in [-0.4, -0.2) is 19.1 Å². The van der Waals surface area contributed by atoms with Crippen LogP contribution in [0.4, 0.5) is 0 Å². The first-order valence-electron chi connectivity index (χ1n) is 3.64. The number of nitrogens with zero attached hydrogens (tertiary/aromatic N) is 3. The van der Waals surface area contributed by atoms with Gasteiger partial charge in [0, 0.05) is 14.1 Å². The second kappa shape index (κ2) is 2.32. The fourth-order valence-corrected chi connectivity index (χ4v) is 1.20. The molecule has 2 rings (SSSR count). The molecule has 0 atom stereocenters. The largest absolute Gasteiger partial charge is 0.329 e. The fraction of sp³-hybridized carbons (Fsp3) is 0.286. The van der Waals surface area contributed by atoms with Gasteiger partial charge in [-0.2, -0.15) is 0 Å². The van der Waals surface area contributed by atoms with Crippen molar-refractivity contribution in [2.45, 2.75) is 0 Å². The molecule has 67 valence electrons. The van der Waals surface area contributed by atoms with Gasteiger partial charge in [0.2, 0.25) is 0 Å². The Kier molecular flexibility index (Phi) is 1.39. The van der Waals surface area contributed by atoms with Crippen molar-refractivity contribution in [3.05, 3.63) is 27.2 Å². The van der Waals surface area contributed by atoms with Crippen LogP contribution in [0.5, 0.6) is 0 Å². The molecule has 0 spiro atoms. The topological polar surface area (TPSA) is 72.7 Å². The molecule has 0 aromatic carbocycles. The number of aromatic amines is 1. The highest BCUT2D eigenvalue weighted by Crippen LogP contribution is 2.00. The Bertz CT molecular complexity index is 574. The van der Waals surface area contributed by atoms with Gasteiger partial charge in [-0.1, -0.05) is 0 Å². The van der Waals surface area contributed by atoms with E-state index >= 15 is 0 Å². The van der Waals surface area contributed by atoms with Gasteiger partial charge in [-0.25, -0.2) is 9.78 Å². The van der Waals surface area contributed by atoms with Crippen LogP contribution in [0, 0.1) is 6.33 Å². The lowest BCUT2D eigenvalue weighted by Crippen LogP contribution is -2.29. The smallest absolute Gasteiger partial charge is 0.319 e. The summed E-state index contributed by atoms with van der Waals surface area (Å²) in [7, 11) is 3.19. The molecule has 0 aliphatic rings. The molecule has 2 aromatic heterocycles. The summed E-state index contributed by atoms with van der Waals surface area (Å²) in [6.45, 7) is 0. The number of hydrogen-bond acceptors (Lipinski definition) is 3. The Balaban J connectivity index is 3.18. The van der Waals surface area contributed by atoms with Gasteiger partial charge < -0.3 is 4.57 Å². The Hall–Kier alpha value is -1.85. The maximum Gasteiger partial charge on any atom is 0.329 e. The van der Waals surface area contributed by atoms with Crippen LogP contribution < -0.4 is 11.2 Å². The molecule has 1 radical (unpaired) electrons. The lowest BCUT2D eigenvalue weighted by Gasteiger charge is -1.96. The van der Waals surface area contributed by atoms with E-state index in [9.17, 15) is 9.59 Å². The monoisotopic (exact) mass is 179 g/mol. The van der Waals surface area contributed by atoms with E-state index in [1.165, 1.54) is 9.13 Å². The Morgan fingerprint density at radius 3 is 2.77 bits per heavy atom. The number of imidazole rings is 1. The van der Waals surface area contributed by atoms with E-state index in [2.05, 4.69) is 16.3 Å². The summed E-state index contributed by atoms with van der Waals surface area (Å²) >= 11 is 0. The first-order chi connectivity index (χ1) is 6.11. The van der Waals surface area contributed by atoms with Crippen molar-refractivity contribution in [1.29, 1.82) is 0 Å². The molecular weight excluding hydrogens is 172 g/mol. The van der Waals surface area contributed by atoms with Crippen molar-refractivity contribution in [3.8, 4) is 0 Å². The van der Waals surface area contributed by atoms with E-state index in [1.807, 2.05) is 0 Å². The molecule has 0 aliphatic heterocycles. The molecule has 0 aliphatic carbocycles. The zero-order valence-corrected chi connectivity index (χ0v) is 7.16. The summed E-state index contributed by atoms with van der Waals surface area (Å²) < 4.78 is 2.72. The molecule has 13 heavy (non-hydrogen) atoms. The highest BCUT2D eigenvalue weighted by molar-refractivity contribution is 5.69. The second-order valence-corrected chi connectivity index (χ2v) is 2.76. The maximum atomic E-state index is 11.3. The summed E-state index contributed by atoms with van der Waals surface area (Å²) in [5, 5.41) is 0. The van der Waals surface area contributed by atoms with Gasteiger partial charge >= 0.3 is 5.69 Å². The molecule has 1 N–H and O–H groups in total. The molecule has 0 fully saturated rings. The zero-order valence-electron chi connectivity index (χ0n) is 7.16. The summed E-state index contributed by atoms with van der Waals surface area (Å²) in [4.78, 5) is 28.4. The summed E-state index contributed by atoms with van der Waals surface area (Å²) in [6, 6.07) is 0. The summed E-state index contributed by atoms with van der Waals surface area (Å²) in [6.07, 6.45) is 2.57. The summed E-state index contributed by atoms with van der Waals surface area (Å²) in [5.41, 5.74) is -0.211. The lowest BCUT2D eigenvalue weighted by atomic mass is 10.5. The fourth-order valence-electron chi connectivity index (χ4n) is 1.20. The van der Waals surface area contributed by atoms with Crippen molar-refractivity contribution >= 4 is 11.2 Å². The van der Waals surface area contributed by atoms with Crippen molar-refractivity contribution in [2.24, 2.45) is 14.1 Å². The third-order valence-corrected chi connectivity index (χ3v) is 1.91. The first kappa shape index (κ1) is 7.78. The van der Waals surface area contributed by atoms with Gasteiger partial charge in [0.1, 0.15) is 0 Å². The third-order valence-electron chi connectivity index (χ3n) is 1.91. The van der Waals surface area contributed by atoms with Gasteiger partial charge in [-0.3, -0.25) is 14.3 Å². The predicted octanol–water partition coefficient (Wildman–Crippen LogP) is -1.24. The SMILES string of the molecule is Cn1[c]nc2c1c(=O)[nH]c(=O)n2C. The number of rotatable bonds is 0. The summed E-state index contributed by atoms with van der Waals surface area (Å²) in [5.74, 6) is 0. The van der Waals surface area contributed by atoms with E-state index in [1.54, 1.807) is 14.1 Å². The van der Waals surface area contributed by atoms with Gasteiger partial charge in [0.15, 0.2) is 17.5 Å². The quantitative estimate of drug-likeness (QED) is 0.549. The Morgan fingerprint density at radius 1 is 1.38 bits per heavy atom. The van der Waals surface area contributed by atoms with Crippen molar-refractivity contribution in [3.63, 3.8) is 0 Å². The van der Waals surface area contributed by atoms with Gasteiger partial charge in [0.05, 0.1) is 0 Å². The molecule has 2 aromatic rings. The van der Waals surface area contributed by atoms with E-state index in [0.717, 1.165) is 0 Å². The lowest BCUT2D eigenvalue weighted by molar-refractivity contribution is 0.829. The third kappa shape index (κ3) is 0.915. The van der Waals surface area contributed by atoms with Gasteiger partial charge in [-0.15, -0.1) is 0 Å². The van der Waals surface area contributed by atoms with E-state index in [4.69, 9.17) is 0 Å². The minimum absolute atomic E-state index is 0.344. The van der Waals surface area contributed by atoms with E-state index in [-0.39, 0.29) is 0 Å². The van der Waals surface area contributed by atoms with Crippen LogP contribution in [0.2, 0.25) is 0 Å². The normalized spacial score (nSPS) is 10.9. The van der Waals surface area contributed by atoms with Crippen LogP contribution in [0.3, 0.4) is 0 Å². The molecule has 6 nitrogen and oxygen atoms in total. The highest BCUT2D eigenvalue weighted by atomic mass is 16.2. The highest BCUT2D eigenvalue weighted by Gasteiger charge is 2.08. The van der Waals surface area contributed by atoms with Crippen molar-refractivity contribution in [1.82, 2.24) is 19.1 Å². The Morgan fingerprint density at radius 2 is 2.08 bits per heavy atom. The standard InChI is InChI=1S/C7H7N4O2/c1-10-3-8-5-4(10)6(12)9-7(13)11(5)2/h1-2H3,(H,9,12,13). The number of nitrogens with one attached hydrogen (secondary N) is 1. The molecule has 0 amide bonds. The van der Waals surface area contributed by atoms with Crippen molar-refractivity contribution in [2.75, 3.05) is 0 Å². The van der Waals surface area contributed by atoms with Gasteiger partial charge in [-0.05, 0) is 0 Å². The van der Waals surface area contributed by atoms with E-state index < -0.39 is 11.2 Å². The number of aromatic nitrogens is 4. The van der Waals surface area contributed by atoms with Crippen LogP contribution >= 0.6 is 0 Å². The minimum Gasteiger partial charge on any atom is -0.319 e. The van der Waals surface area contributed by atoms with Crippen molar-refractivity contribution < 1.29 is 0 Å². The maximum absolute atomic E-state index is 11.3. The number of aryl methyl sites for hydroxylation is 2. The average Bonchev–Trinajstić information content (AvgIpc) is 2.44. The molecule has 0 unspecified atom stereocenters. The number of H-pyrrole nitrogens is 1. The second-order valence-electron chi connectivity index (χ2n) is 2.76.